The Labute approximate surface area is 117 Å². The van der Waals surface area contributed by atoms with Crippen LogP contribution in [0, 0.1) is 15.5 Å². The van der Waals surface area contributed by atoms with Gasteiger partial charge in [0, 0.05) is 18.3 Å². The minimum absolute atomic E-state index is 0.0283. The van der Waals surface area contributed by atoms with Crippen molar-refractivity contribution in [2.45, 2.75) is 32.6 Å². The van der Waals surface area contributed by atoms with Gasteiger partial charge in [-0.05, 0) is 36.8 Å². The van der Waals surface area contributed by atoms with E-state index in [0.29, 0.717) is 12.2 Å². The highest BCUT2D eigenvalue weighted by molar-refractivity contribution is 5.99. The van der Waals surface area contributed by atoms with Crippen molar-refractivity contribution in [2.24, 2.45) is 5.41 Å². The molecule has 0 atom stereocenters. The molecule has 0 saturated heterocycles. The van der Waals surface area contributed by atoms with Crippen molar-refractivity contribution in [3.8, 4) is 0 Å². The Morgan fingerprint density at radius 2 is 2.20 bits per heavy atom. The van der Waals surface area contributed by atoms with Crippen molar-refractivity contribution in [1.82, 2.24) is 5.32 Å². The Kier molecular flexibility index (Phi) is 3.92. The van der Waals surface area contributed by atoms with Crippen LogP contribution < -0.4 is 11.1 Å². The maximum absolute atomic E-state index is 12.2. The van der Waals surface area contributed by atoms with Gasteiger partial charge in [-0.15, -0.1) is 0 Å². The zero-order valence-corrected chi connectivity index (χ0v) is 11.5. The molecule has 0 unspecified atom stereocenters. The topological polar surface area (TPSA) is 98.3 Å². The first-order valence-corrected chi connectivity index (χ1v) is 6.79. The average Bonchev–Trinajstić information content (AvgIpc) is 2.37. The van der Waals surface area contributed by atoms with Crippen LogP contribution in [0.15, 0.2) is 18.2 Å². The third-order valence-corrected chi connectivity index (χ3v) is 4.25. The van der Waals surface area contributed by atoms with Gasteiger partial charge >= 0.3 is 0 Å². The fraction of sp³-hybridized carbons (Fsp3) is 0.500. The average molecular weight is 277 g/mol. The Balaban J connectivity index is 2.12. The lowest BCUT2D eigenvalue weighted by Gasteiger charge is -2.41. The van der Waals surface area contributed by atoms with Crippen molar-refractivity contribution >= 4 is 17.3 Å². The molecular weight excluding hydrogens is 258 g/mol. The van der Waals surface area contributed by atoms with Crippen molar-refractivity contribution in [1.29, 1.82) is 0 Å². The standard InChI is InChI=1S/C14H19N3O3/c1-2-14(6-3-7-14)9-16-13(18)11-8-10(15)4-5-12(11)17(19)20/h4-5,8H,2-3,6-7,9,15H2,1H3,(H,16,18). The van der Waals surface area contributed by atoms with E-state index >= 15 is 0 Å². The fourth-order valence-corrected chi connectivity index (χ4v) is 2.59. The third-order valence-electron chi connectivity index (χ3n) is 4.25. The van der Waals surface area contributed by atoms with Crippen LogP contribution in [0.4, 0.5) is 11.4 Å². The molecule has 1 saturated carbocycles. The van der Waals surface area contributed by atoms with Gasteiger partial charge < -0.3 is 11.1 Å². The zero-order chi connectivity index (χ0) is 14.8. The minimum Gasteiger partial charge on any atom is -0.399 e. The summed E-state index contributed by atoms with van der Waals surface area (Å²) in [5.41, 5.74) is 5.94. The van der Waals surface area contributed by atoms with E-state index in [0.717, 1.165) is 19.3 Å². The number of nitro groups is 1. The van der Waals surface area contributed by atoms with Crippen LogP contribution in [0.25, 0.3) is 0 Å². The number of nitrogen functional groups attached to an aromatic ring is 1. The van der Waals surface area contributed by atoms with Crippen LogP contribution in [-0.2, 0) is 0 Å². The van der Waals surface area contributed by atoms with Crippen LogP contribution in [0.1, 0.15) is 43.0 Å². The lowest BCUT2D eigenvalue weighted by atomic mass is 9.67. The molecule has 2 rings (SSSR count). The number of amides is 1. The molecule has 1 aliphatic carbocycles. The summed E-state index contributed by atoms with van der Waals surface area (Å²) in [5.74, 6) is -0.427. The highest BCUT2D eigenvalue weighted by Crippen LogP contribution is 2.43. The van der Waals surface area contributed by atoms with Crippen LogP contribution in [-0.4, -0.2) is 17.4 Å². The van der Waals surface area contributed by atoms with E-state index < -0.39 is 10.8 Å². The van der Waals surface area contributed by atoms with Gasteiger partial charge in [-0.3, -0.25) is 14.9 Å². The second kappa shape index (κ2) is 5.48. The Hall–Kier alpha value is -2.11. The van der Waals surface area contributed by atoms with Gasteiger partial charge in [0.05, 0.1) is 4.92 Å². The highest BCUT2D eigenvalue weighted by Gasteiger charge is 2.35. The smallest absolute Gasteiger partial charge is 0.282 e. The van der Waals surface area contributed by atoms with Gasteiger partial charge in [0.15, 0.2) is 0 Å². The number of carbonyl (C=O) groups is 1. The number of benzene rings is 1. The second-order valence-corrected chi connectivity index (χ2v) is 5.42. The summed E-state index contributed by atoms with van der Waals surface area (Å²) < 4.78 is 0. The van der Waals surface area contributed by atoms with Gasteiger partial charge in [-0.25, -0.2) is 0 Å². The summed E-state index contributed by atoms with van der Waals surface area (Å²) in [4.78, 5) is 22.5. The summed E-state index contributed by atoms with van der Waals surface area (Å²) >= 11 is 0. The van der Waals surface area contributed by atoms with Crippen LogP contribution in [0.2, 0.25) is 0 Å². The molecule has 1 fully saturated rings. The van der Waals surface area contributed by atoms with Crippen molar-refractivity contribution in [3.05, 3.63) is 33.9 Å². The molecule has 20 heavy (non-hydrogen) atoms. The Morgan fingerprint density at radius 3 is 2.70 bits per heavy atom. The molecule has 0 aromatic heterocycles. The first-order chi connectivity index (χ1) is 9.47. The van der Waals surface area contributed by atoms with E-state index in [9.17, 15) is 14.9 Å². The summed E-state index contributed by atoms with van der Waals surface area (Å²) in [6, 6.07) is 4.05. The molecule has 0 aliphatic heterocycles. The number of nitrogens with zero attached hydrogens (tertiary/aromatic N) is 1. The maximum atomic E-state index is 12.2. The number of carbonyl (C=O) groups excluding carboxylic acids is 1. The van der Waals surface area contributed by atoms with E-state index in [1.165, 1.54) is 24.6 Å². The van der Waals surface area contributed by atoms with E-state index in [2.05, 4.69) is 12.2 Å². The monoisotopic (exact) mass is 277 g/mol. The molecule has 1 aliphatic rings. The Bertz CT molecular complexity index is 533. The molecule has 0 bridgehead atoms. The Morgan fingerprint density at radius 1 is 1.50 bits per heavy atom. The number of nitrogens with two attached hydrogens (primary N) is 1. The van der Waals surface area contributed by atoms with E-state index in [1.807, 2.05) is 0 Å². The predicted octanol–water partition coefficient (Wildman–Crippen LogP) is 2.49. The van der Waals surface area contributed by atoms with Crippen LogP contribution >= 0.6 is 0 Å². The molecule has 0 heterocycles. The molecular formula is C14H19N3O3. The molecule has 1 aromatic rings. The number of rotatable bonds is 5. The lowest BCUT2D eigenvalue weighted by molar-refractivity contribution is -0.385. The molecule has 6 nitrogen and oxygen atoms in total. The highest BCUT2D eigenvalue weighted by atomic mass is 16.6. The number of nitrogens with one attached hydrogen (secondary N) is 1. The van der Waals surface area contributed by atoms with Gasteiger partial charge in [0.25, 0.3) is 11.6 Å². The largest absolute Gasteiger partial charge is 0.399 e. The van der Waals surface area contributed by atoms with Crippen molar-refractivity contribution in [3.63, 3.8) is 0 Å². The van der Waals surface area contributed by atoms with Crippen LogP contribution in [0.3, 0.4) is 0 Å². The minimum atomic E-state index is -0.562. The van der Waals surface area contributed by atoms with E-state index in [1.54, 1.807) is 0 Å². The van der Waals surface area contributed by atoms with Gasteiger partial charge in [0.1, 0.15) is 5.56 Å². The molecule has 1 amide bonds. The first-order valence-electron chi connectivity index (χ1n) is 6.79. The second-order valence-electron chi connectivity index (χ2n) is 5.42. The van der Waals surface area contributed by atoms with Gasteiger partial charge in [0.2, 0.25) is 0 Å². The van der Waals surface area contributed by atoms with E-state index in [4.69, 9.17) is 5.73 Å². The molecule has 0 spiro atoms. The molecule has 108 valence electrons. The fourth-order valence-electron chi connectivity index (χ4n) is 2.59. The summed E-state index contributed by atoms with van der Waals surface area (Å²) in [6.07, 6.45) is 4.39. The maximum Gasteiger partial charge on any atom is 0.282 e. The van der Waals surface area contributed by atoms with Crippen LogP contribution in [0.5, 0.6) is 0 Å². The summed E-state index contributed by atoms with van der Waals surface area (Å²) in [5, 5.41) is 13.8. The molecule has 3 N–H and O–H groups in total. The van der Waals surface area contributed by atoms with E-state index in [-0.39, 0.29) is 16.7 Å². The summed E-state index contributed by atoms with van der Waals surface area (Å²) in [6.45, 7) is 2.67. The SMILES string of the molecule is CCC1(CNC(=O)c2cc(N)ccc2[N+](=O)[O-])CCC1. The van der Waals surface area contributed by atoms with Crippen molar-refractivity contribution in [2.75, 3.05) is 12.3 Å². The van der Waals surface area contributed by atoms with Crippen molar-refractivity contribution < 1.29 is 9.72 Å². The predicted molar refractivity (Wildman–Crippen MR) is 76.4 cm³/mol. The number of anilines is 1. The lowest BCUT2D eigenvalue weighted by Crippen LogP contribution is -2.41. The number of nitro benzene ring substituents is 1. The third kappa shape index (κ3) is 2.74. The molecule has 1 aromatic carbocycles. The molecule has 0 radical (unpaired) electrons. The normalized spacial score (nSPS) is 16.2. The first kappa shape index (κ1) is 14.3. The summed E-state index contributed by atoms with van der Waals surface area (Å²) in [7, 11) is 0. The van der Waals surface area contributed by atoms with Gasteiger partial charge in [-0.2, -0.15) is 0 Å². The zero-order valence-electron chi connectivity index (χ0n) is 11.5. The molecule has 6 heteroatoms. The quantitative estimate of drug-likeness (QED) is 0.490. The number of hydrogen-bond acceptors (Lipinski definition) is 4. The van der Waals surface area contributed by atoms with Gasteiger partial charge in [-0.1, -0.05) is 13.3 Å². The number of hydrogen-bond donors (Lipinski definition) is 2.